The number of esters is 1. The summed E-state index contributed by atoms with van der Waals surface area (Å²) in [6.07, 6.45) is -0.648. The molecule has 0 radical (unpaired) electrons. The average molecular weight is 298 g/mol. The predicted octanol–water partition coefficient (Wildman–Crippen LogP) is 2.89. The van der Waals surface area contributed by atoms with Gasteiger partial charge in [-0.1, -0.05) is 18.2 Å². The minimum Gasteiger partial charge on any atom is -0.507 e. The number of hydrogen-bond acceptors (Lipinski definition) is 5. The third-order valence-electron chi connectivity index (χ3n) is 3.65. The molecule has 0 amide bonds. The highest BCUT2D eigenvalue weighted by atomic mass is 16.5. The molecule has 0 aromatic heterocycles. The number of fused-ring (bicyclic) bond motifs is 1. The highest BCUT2D eigenvalue weighted by Gasteiger charge is 2.32. The fourth-order valence-electron chi connectivity index (χ4n) is 2.52. The molecule has 22 heavy (non-hydrogen) atoms. The second-order valence-electron chi connectivity index (χ2n) is 4.99. The van der Waals surface area contributed by atoms with Crippen molar-refractivity contribution in [2.75, 3.05) is 7.11 Å². The number of rotatable bonds is 4. The number of benzene rings is 2. The van der Waals surface area contributed by atoms with E-state index >= 15 is 0 Å². The molecule has 0 saturated carbocycles. The van der Waals surface area contributed by atoms with Crippen LogP contribution in [-0.4, -0.2) is 24.0 Å². The first kappa shape index (κ1) is 14.1. The topological polar surface area (TPSA) is 72.8 Å². The van der Waals surface area contributed by atoms with Crippen molar-refractivity contribution in [3.05, 3.63) is 59.2 Å². The number of hydrogen-bond donors (Lipinski definition) is 1. The summed E-state index contributed by atoms with van der Waals surface area (Å²) < 4.78 is 10.3. The zero-order valence-corrected chi connectivity index (χ0v) is 11.9. The Bertz CT molecular complexity index is 750. The van der Waals surface area contributed by atoms with Crippen molar-refractivity contribution in [1.82, 2.24) is 0 Å². The molecule has 1 heterocycles. The SMILES string of the molecule is COc1ccc(O)c(C(=O)C[C@H]2OC(=O)c3ccccc32)c1. The van der Waals surface area contributed by atoms with Crippen LogP contribution in [0.5, 0.6) is 11.5 Å². The smallest absolute Gasteiger partial charge is 0.339 e. The summed E-state index contributed by atoms with van der Waals surface area (Å²) in [4.78, 5) is 24.2. The Morgan fingerprint density at radius 2 is 2.05 bits per heavy atom. The summed E-state index contributed by atoms with van der Waals surface area (Å²) in [6, 6.07) is 11.4. The van der Waals surface area contributed by atoms with Gasteiger partial charge in [0.2, 0.25) is 0 Å². The summed E-state index contributed by atoms with van der Waals surface area (Å²) in [5.41, 5.74) is 1.33. The van der Waals surface area contributed by atoms with E-state index in [9.17, 15) is 14.7 Å². The molecule has 1 aliphatic heterocycles. The van der Waals surface area contributed by atoms with Gasteiger partial charge in [0.15, 0.2) is 5.78 Å². The van der Waals surface area contributed by atoms with Crippen LogP contribution in [0.1, 0.15) is 38.8 Å². The molecule has 0 aliphatic carbocycles. The maximum Gasteiger partial charge on any atom is 0.339 e. The molecule has 5 nitrogen and oxygen atoms in total. The maximum absolute atomic E-state index is 12.4. The van der Waals surface area contributed by atoms with Gasteiger partial charge in [0.1, 0.15) is 17.6 Å². The first-order valence-corrected chi connectivity index (χ1v) is 6.80. The summed E-state index contributed by atoms with van der Waals surface area (Å²) >= 11 is 0. The zero-order valence-electron chi connectivity index (χ0n) is 11.9. The fourth-order valence-corrected chi connectivity index (χ4v) is 2.52. The van der Waals surface area contributed by atoms with Crippen molar-refractivity contribution in [3.8, 4) is 11.5 Å². The van der Waals surface area contributed by atoms with Gasteiger partial charge < -0.3 is 14.6 Å². The Kier molecular flexibility index (Phi) is 3.55. The summed E-state index contributed by atoms with van der Waals surface area (Å²) in [6.45, 7) is 0. The lowest BCUT2D eigenvalue weighted by Gasteiger charge is -2.11. The van der Waals surface area contributed by atoms with Gasteiger partial charge in [-0.25, -0.2) is 4.79 Å². The van der Waals surface area contributed by atoms with Gasteiger partial charge in [0.25, 0.3) is 0 Å². The summed E-state index contributed by atoms with van der Waals surface area (Å²) in [7, 11) is 1.48. The summed E-state index contributed by atoms with van der Waals surface area (Å²) in [5, 5.41) is 9.84. The summed E-state index contributed by atoms with van der Waals surface area (Å²) in [5.74, 6) is -0.387. The van der Waals surface area contributed by atoms with E-state index in [0.717, 1.165) is 0 Å². The number of phenols is 1. The molecule has 0 spiro atoms. The van der Waals surface area contributed by atoms with Crippen LogP contribution in [0.3, 0.4) is 0 Å². The highest BCUT2D eigenvalue weighted by molar-refractivity contribution is 6.01. The third-order valence-corrected chi connectivity index (χ3v) is 3.65. The molecule has 1 atom stereocenters. The number of cyclic esters (lactones) is 1. The third kappa shape index (κ3) is 2.41. The number of ketones is 1. The van der Waals surface area contributed by atoms with Crippen molar-refractivity contribution in [2.24, 2.45) is 0 Å². The van der Waals surface area contributed by atoms with Gasteiger partial charge in [-0.05, 0) is 24.3 Å². The van der Waals surface area contributed by atoms with E-state index < -0.39 is 12.1 Å². The van der Waals surface area contributed by atoms with Crippen molar-refractivity contribution in [2.45, 2.75) is 12.5 Å². The molecular formula is C17H14O5. The fraction of sp³-hybridized carbons (Fsp3) is 0.176. The van der Waals surface area contributed by atoms with Crippen molar-refractivity contribution in [1.29, 1.82) is 0 Å². The molecule has 112 valence electrons. The Hall–Kier alpha value is -2.82. The second-order valence-corrected chi connectivity index (χ2v) is 4.99. The van der Waals surface area contributed by atoms with Crippen LogP contribution in [0.15, 0.2) is 42.5 Å². The first-order chi connectivity index (χ1) is 10.6. The molecular weight excluding hydrogens is 284 g/mol. The molecule has 0 saturated heterocycles. The number of methoxy groups -OCH3 is 1. The normalized spacial score (nSPS) is 16.0. The first-order valence-electron chi connectivity index (χ1n) is 6.80. The van der Waals surface area contributed by atoms with Crippen molar-refractivity contribution < 1.29 is 24.2 Å². The Balaban J connectivity index is 1.86. The minimum atomic E-state index is -0.623. The van der Waals surface area contributed by atoms with E-state index in [1.165, 1.54) is 19.2 Å². The number of Topliss-reactive ketones (excluding diaryl/α,β-unsaturated/α-hetero) is 1. The largest absolute Gasteiger partial charge is 0.507 e. The average Bonchev–Trinajstić information content (AvgIpc) is 2.84. The molecule has 5 heteroatoms. The molecule has 0 fully saturated rings. The van der Waals surface area contributed by atoms with Gasteiger partial charge in [-0.3, -0.25) is 4.79 Å². The molecule has 1 N–H and O–H groups in total. The van der Waals surface area contributed by atoms with Crippen LogP contribution in [0.4, 0.5) is 0 Å². The van der Waals surface area contributed by atoms with Gasteiger partial charge in [-0.2, -0.15) is 0 Å². The zero-order chi connectivity index (χ0) is 15.7. The number of carbonyl (C=O) groups is 2. The Morgan fingerprint density at radius 3 is 2.82 bits per heavy atom. The molecule has 3 rings (SSSR count). The molecule has 0 unspecified atom stereocenters. The van der Waals surface area contributed by atoms with Gasteiger partial charge in [0, 0.05) is 5.56 Å². The van der Waals surface area contributed by atoms with Crippen LogP contribution in [0.25, 0.3) is 0 Å². The Morgan fingerprint density at radius 1 is 1.27 bits per heavy atom. The van der Waals surface area contributed by atoms with Gasteiger partial charge in [0.05, 0.1) is 24.7 Å². The van der Waals surface area contributed by atoms with E-state index in [-0.39, 0.29) is 23.5 Å². The van der Waals surface area contributed by atoms with Crippen molar-refractivity contribution >= 4 is 11.8 Å². The van der Waals surface area contributed by atoms with E-state index in [1.807, 2.05) is 0 Å². The molecule has 1 aliphatic rings. The van der Waals surface area contributed by atoms with Crippen LogP contribution in [-0.2, 0) is 4.74 Å². The number of aromatic hydroxyl groups is 1. The number of carbonyl (C=O) groups excluding carboxylic acids is 2. The molecule has 2 aromatic carbocycles. The minimum absolute atomic E-state index is 0.0243. The van der Waals surface area contributed by atoms with Crippen LogP contribution in [0.2, 0.25) is 0 Å². The van der Waals surface area contributed by atoms with E-state index in [4.69, 9.17) is 9.47 Å². The van der Waals surface area contributed by atoms with Crippen LogP contribution < -0.4 is 4.74 Å². The highest BCUT2D eigenvalue weighted by Crippen LogP contribution is 2.35. The molecule has 0 bridgehead atoms. The van der Waals surface area contributed by atoms with E-state index in [0.29, 0.717) is 16.9 Å². The standard InChI is InChI=1S/C17H14O5/c1-21-10-6-7-14(18)13(8-10)15(19)9-16-11-4-2-3-5-12(11)17(20)22-16/h2-8,16,18H,9H2,1H3/t16-/m1/s1. The maximum atomic E-state index is 12.4. The van der Waals surface area contributed by atoms with E-state index in [2.05, 4.69) is 0 Å². The van der Waals surface area contributed by atoms with Gasteiger partial charge >= 0.3 is 5.97 Å². The van der Waals surface area contributed by atoms with Crippen molar-refractivity contribution in [3.63, 3.8) is 0 Å². The molecule has 2 aromatic rings. The van der Waals surface area contributed by atoms with Gasteiger partial charge in [-0.15, -0.1) is 0 Å². The predicted molar refractivity (Wildman–Crippen MR) is 78.2 cm³/mol. The Labute approximate surface area is 127 Å². The quantitative estimate of drug-likeness (QED) is 0.694. The van der Waals surface area contributed by atoms with Crippen LogP contribution >= 0.6 is 0 Å². The monoisotopic (exact) mass is 298 g/mol. The van der Waals surface area contributed by atoms with Crippen LogP contribution in [0, 0.1) is 0 Å². The lowest BCUT2D eigenvalue weighted by Crippen LogP contribution is -2.08. The number of phenolic OH excluding ortho intramolecular Hbond substituents is 1. The second kappa shape index (κ2) is 5.52. The lowest BCUT2D eigenvalue weighted by atomic mass is 9.98. The lowest BCUT2D eigenvalue weighted by molar-refractivity contribution is 0.0367. The van der Waals surface area contributed by atoms with E-state index in [1.54, 1.807) is 30.3 Å². The number of ether oxygens (including phenoxy) is 2.